The number of nitrogens with zero attached hydrogens (tertiary/aromatic N) is 2. The van der Waals surface area contributed by atoms with Gasteiger partial charge in [0.05, 0.1) is 18.4 Å². The minimum Gasteiger partial charge on any atom is -0.394 e. The van der Waals surface area contributed by atoms with Gasteiger partial charge in [0.15, 0.2) is 5.52 Å². The molecule has 3 rings (SSSR count). The molecule has 0 amide bonds. The second-order valence-corrected chi connectivity index (χ2v) is 4.86. The molecular formula is C11H15N5O3. The Morgan fingerprint density at radius 3 is 3.00 bits per heavy atom. The van der Waals surface area contributed by atoms with Crippen molar-refractivity contribution >= 4 is 17.0 Å². The standard InChI is InChI=1S/C11H15N5O3/c1-4-2-5(3-17)19-9(4)7-6-8(16-15-7)10(18)14-11(12)13-6/h4-5,9,17H,2-3H2,1H3,(H,15,16)(H3,12,13,14,18)/t4?,5?,9-/m1/s1. The number of aliphatic hydroxyl groups excluding tert-OH is 1. The Morgan fingerprint density at radius 2 is 2.32 bits per heavy atom. The summed E-state index contributed by atoms with van der Waals surface area (Å²) in [4.78, 5) is 18.2. The number of H-pyrrole nitrogens is 2. The smallest absolute Gasteiger partial charge is 0.280 e. The third kappa shape index (κ3) is 1.89. The van der Waals surface area contributed by atoms with Crippen molar-refractivity contribution in [3.05, 3.63) is 16.0 Å². The maximum Gasteiger partial charge on any atom is 0.280 e. The molecule has 0 saturated carbocycles. The molecule has 8 nitrogen and oxygen atoms in total. The van der Waals surface area contributed by atoms with Gasteiger partial charge in [0.1, 0.15) is 11.6 Å². The molecule has 2 aromatic rings. The van der Waals surface area contributed by atoms with Crippen LogP contribution in [0, 0.1) is 5.92 Å². The maximum absolute atomic E-state index is 11.7. The summed E-state index contributed by atoms with van der Waals surface area (Å²) < 4.78 is 5.74. The van der Waals surface area contributed by atoms with Gasteiger partial charge in [0.25, 0.3) is 5.56 Å². The zero-order valence-electron chi connectivity index (χ0n) is 10.4. The number of nitrogen functional groups attached to an aromatic ring is 1. The van der Waals surface area contributed by atoms with E-state index < -0.39 is 0 Å². The molecule has 1 saturated heterocycles. The van der Waals surface area contributed by atoms with Crippen molar-refractivity contribution in [2.24, 2.45) is 5.92 Å². The summed E-state index contributed by atoms with van der Waals surface area (Å²) in [7, 11) is 0. The molecule has 2 unspecified atom stereocenters. The molecule has 0 radical (unpaired) electrons. The SMILES string of the molecule is CC1CC(CO)O[C@H]1c1[nH]nc2c(=O)[nH]c(N)nc12. The zero-order valence-corrected chi connectivity index (χ0v) is 10.4. The van der Waals surface area contributed by atoms with Gasteiger partial charge >= 0.3 is 0 Å². The fourth-order valence-electron chi connectivity index (χ4n) is 2.55. The lowest BCUT2D eigenvalue weighted by molar-refractivity contribution is 0.00383. The van der Waals surface area contributed by atoms with Crippen LogP contribution in [0.15, 0.2) is 4.79 Å². The first-order valence-corrected chi connectivity index (χ1v) is 6.10. The summed E-state index contributed by atoms with van der Waals surface area (Å²) in [6, 6.07) is 0. The Hall–Kier alpha value is -1.93. The fraction of sp³-hybridized carbons (Fsp3) is 0.545. The Labute approximate surface area is 108 Å². The van der Waals surface area contributed by atoms with E-state index in [4.69, 9.17) is 15.6 Å². The van der Waals surface area contributed by atoms with Gasteiger partial charge in [-0.15, -0.1) is 0 Å². The first kappa shape index (κ1) is 12.1. The fourth-order valence-corrected chi connectivity index (χ4v) is 2.55. The molecule has 19 heavy (non-hydrogen) atoms. The van der Waals surface area contributed by atoms with Crippen molar-refractivity contribution in [2.75, 3.05) is 12.3 Å². The van der Waals surface area contributed by atoms with Crippen molar-refractivity contribution in [3.8, 4) is 0 Å². The van der Waals surface area contributed by atoms with E-state index >= 15 is 0 Å². The van der Waals surface area contributed by atoms with E-state index in [1.165, 1.54) is 0 Å². The van der Waals surface area contributed by atoms with Crippen LogP contribution in [0.3, 0.4) is 0 Å². The Balaban J connectivity index is 2.09. The molecule has 0 bridgehead atoms. The van der Waals surface area contributed by atoms with Crippen molar-refractivity contribution in [1.29, 1.82) is 0 Å². The highest BCUT2D eigenvalue weighted by Crippen LogP contribution is 2.38. The van der Waals surface area contributed by atoms with E-state index in [0.717, 1.165) is 6.42 Å². The normalized spacial score (nSPS) is 27.2. The lowest BCUT2D eigenvalue weighted by Gasteiger charge is -2.13. The van der Waals surface area contributed by atoms with Gasteiger partial charge < -0.3 is 15.6 Å². The van der Waals surface area contributed by atoms with Gasteiger partial charge in [-0.3, -0.25) is 14.9 Å². The van der Waals surface area contributed by atoms with Gasteiger partial charge in [0, 0.05) is 0 Å². The van der Waals surface area contributed by atoms with E-state index in [1.54, 1.807) is 0 Å². The third-order valence-electron chi connectivity index (χ3n) is 3.44. The first-order chi connectivity index (χ1) is 9.10. The summed E-state index contributed by atoms with van der Waals surface area (Å²) in [5.41, 5.74) is 6.45. The van der Waals surface area contributed by atoms with E-state index in [0.29, 0.717) is 11.2 Å². The molecule has 1 aliphatic rings. The van der Waals surface area contributed by atoms with Gasteiger partial charge in [0.2, 0.25) is 5.95 Å². The van der Waals surface area contributed by atoms with Crippen LogP contribution in [0.25, 0.3) is 11.0 Å². The number of fused-ring (bicyclic) bond motifs is 1. The number of rotatable bonds is 2. The van der Waals surface area contributed by atoms with Crippen LogP contribution in [-0.4, -0.2) is 38.0 Å². The molecule has 0 aliphatic carbocycles. The van der Waals surface area contributed by atoms with Crippen LogP contribution >= 0.6 is 0 Å². The molecule has 1 fully saturated rings. The van der Waals surface area contributed by atoms with Crippen molar-refractivity contribution in [1.82, 2.24) is 20.2 Å². The number of hydrogen-bond acceptors (Lipinski definition) is 6. The minimum absolute atomic E-state index is 0.0247. The van der Waals surface area contributed by atoms with Gasteiger partial charge in [-0.2, -0.15) is 5.10 Å². The van der Waals surface area contributed by atoms with Crippen LogP contribution < -0.4 is 11.3 Å². The predicted octanol–water partition coefficient (Wildman–Crippen LogP) is -0.313. The zero-order chi connectivity index (χ0) is 13.6. The summed E-state index contributed by atoms with van der Waals surface area (Å²) in [5.74, 6) is 0.243. The van der Waals surface area contributed by atoms with Crippen LogP contribution in [0.2, 0.25) is 0 Å². The number of aromatic amines is 2. The average Bonchev–Trinajstić information content (AvgIpc) is 2.92. The quantitative estimate of drug-likeness (QED) is 0.589. The first-order valence-electron chi connectivity index (χ1n) is 6.10. The molecule has 0 aromatic carbocycles. The van der Waals surface area contributed by atoms with Crippen molar-refractivity contribution in [2.45, 2.75) is 25.6 Å². The Bertz CT molecular complexity index is 664. The molecule has 3 atom stereocenters. The largest absolute Gasteiger partial charge is 0.394 e. The van der Waals surface area contributed by atoms with Gasteiger partial charge in [-0.25, -0.2) is 4.98 Å². The maximum atomic E-state index is 11.7. The monoisotopic (exact) mass is 265 g/mol. The molecule has 1 aliphatic heterocycles. The number of aromatic nitrogens is 4. The van der Waals surface area contributed by atoms with Crippen LogP contribution in [0.5, 0.6) is 0 Å². The van der Waals surface area contributed by atoms with Crippen molar-refractivity contribution < 1.29 is 9.84 Å². The molecule has 102 valence electrons. The second kappa shape index (κ2) is 4.32. The third-order valence-corrected chi connectivity index (χ3v) is 3.44. The van der Waals surface area contributed by atoms with Gasteiger partial charge in [-0.1, -0.05) is 6.92 Å². The highest BCUT2D eigenvalue weighted by molar-refractivity contribution is 5.77. The molecule has 0 spiro atoms. The lowest BCUT2D eigenvalue weighted by Crippen LogP contribution is -2.13. The highest BCUT2D eigenvalue weighted by Gasteiger charge is 2.35. The number of nitrogens with two attached hydrogens (primary N) is 1. The van der Waals surface area contributed by atoms with Crippen LogP contribution in [-0.2, 0) is 4.74 Å². The van der Waals surface area contributed by atoms with Crippen LogP contribution in [0.1, 0.15) is 25.1 Å². The number of anilines is 1. The highest BCUT2D eigenvalue weighted by atomic mass is 16.5. The van der Waals surface area contributed by atoms with Gasteiger partial charge in [-0.05, 0) is 12.3 Å². The van der Waals surface area contributed by atoms with E-state index in [9.17, 15) is 4.79 Å². The molecule has 8 heteroatoms. The Kier molecular flexibility index (Phi) is 2.76. The predicted molar refractivity (Wildman–Crippen MR) is 67.4 cm³/mol. The van der Waals surface area contributed by atoms with E-state index in [-0.39, 0.29) is 41.8 Å². The summed E-state index contributed by atoms with van der Waals surface area (Å²) >= 11 is 0. The molecular weight excluding hydrogens is 250 g/mol. The van der Waals surface area contributed by atoms with E-state index in [1.807, 2.05) is 6.92 Å². The second-order valence-electron chi connectivity index (χ2n) is 4.86. The summed E-state index contributed by atoms with van der Waals surface area (Å²) in [6.07, 6.45) is 0.286. The number of aliphatic hydroxyl groups is 1. The molecule has 5 N–H and O–H groups in total. The number of hydrogen-bond donors (Lipinski definition) is 4. The van der Waals surface area contributed by atoms with Crippen LogP contribution in [0.4, 0.5) is 5.95 Å². The molecule has 2 aromatic heterocycles. The average molecular weight is 265 g/mol. The van der Waals surface area contributed by atoms with E-state index in [2.05, 4.69) is 20.2 Å². The molecule has 3 heterocycles. The lowest BCUT2D eigenvalue weighted by atomic mass is 9.99. The summed E-state index contributed by atoms with van der Waals surface area (Å²) in [5, 5.41) is 15.9. The topological polar surface area (TPSA) is 130 Å². The Morgan fingerprint density at radius 1 is 1.53 bits per heavy atom. The van der Waals surface area contributed by atoms with Crippen molar-refractivity contribution in [3.63, 3.8) is 0 Å². The number of nitrogens with one attached hydrogen (secondary N) is 2. The minimum atomic E-state index is -0.380. The summed E-state index contributed by atoms with van der Waals surface area (Å²) in [6.45, 7) is 1.99. The number of ether oxygens (including phenoxy) is 1.